The summed E-state index contributed by atoms with van der Waals surface area (Å²) in [4.78, 5) is 5.20. The minimum absolute atomic E-state index is 0.911. The third kappa shape index (κ3) is 5.40. The van der Waals surface area contributed by atoms with Gasteiger partial charge in [-0.05, 0) is 82.4 Å². The molecule has 56 heavy (non-hydrogen) atoms. The molecule has 0 saturated carbocycles. The van der Waals surface area contributed by atoms with Crippen molar-refractivity contribution in [1.82, 2.24) is 9.55 Å². The molecule has 0 spiro atoms. The Morgan fingerprint density at radius 3 is 1.75 bits per heavy atom. The lowest BCUT2D eigenvalue weighted by atomic mass is 9.97. The molecule has 11 aromatic rings. The zero-order valence-corrected chi connectivity index (χ0v) is 30.4. The molecule has 0 atom stereocenters. The fourth-order valence-electron chi connectivity index (χ4n) is 8.29. The van der Waals surface area contributed by atoms with Crippen LogP contribution in [0, 0.1) is 0 Å². The minimum atomic E-state index is 0.911. The Hall–Kier alpha value is -7.49. The van der Waals surface area contributed by atoms with Gasteiger partial charge in [-0.2, -0.15) is 0 Å². The zero-order chi connectivity index (χ0) is 37.0. The lowest BCUT2D eigenvalue weighted by Gasteiger charge is -2.12. The van der Waals surface area contributed by atoms with Gasteiger partial charge in [0.05, 0.1) is 22.4 Å². The first-order valence-corrected chi connectivity index (χ1v) is 19.0. The zero-order valence-electron chi connectivity index (χ0n) is 30.4. The van der Waals surface area contributed by atoms with Crippen LogP contribution in [0.5, 0.6) is 0 Å². The van der Waals surface area contributed by atoms with E-state index in [1.165, 1.54) is 32.9 Å². The maximum absolute atomic E-state index is 6.37. The summed E-state index contributed by atoms with van der Waals surface area (Å²) in [5, 5.41) is 4.72. The van der Waals surface area contributed by atoms with E-state index >= 15 is 0 Å². The van der Waals surface area contributed by atoms with Gasteiger partial charge in [0.1, 0.15) is 11.2 Å². The van der Waals surface area contributed by atoms with Crippen LogP contribution in [0.3, 0.4) is 0 Å². The maximum Gasteiger partial charge on any atom is 0.143 e. The van der Waals surface area contributed by atoms with E-state index in [0.717, 1.165) is 72.4 Å². The number of benzene rings is 8. The van der Waals surface area contributed by atoms with Crippen LogP contribution in [0.4, 0.5) is 0 Å². The van der Waals surface area contributed by atoms with E-state index in [1.807, 2.05) is 18.2 Å². The average molecular weight is 715 g/mol. The second-order valence-electron chi connectivity index (χ2n) is 14.4. The second kappa shape index (κ2) is 13.1. The van der Waals surface area contributed by atoms with Gasteiger partial charge in [-0.1, -0.05) is 152 Å². The fraction of sp³-hybridized carbons (Fsp3) is 0. The number of hydrogen-bond donors (Lipinski definition) is 0. The SMILES string of the molecule is c1ccc(-c2cc(-c3ccccc3)nc(-c3cccc(-c4ccc5c(c4)c4ccccc4n5-c4ccc(-c5cccc6c5oc5ccccc56)cc4)c3)c2)cc1. The van der Waals surface area contributed by atoms with Gasteiger partial charge in [-0.25, -0.2) is 4.98 Å². The van der Waals surface area contributed by atoms with E-state index < -0.39 is 0 Å². The number of pyridine rings is 1. The van der Waals surface area contributed by atoms with Crippen LogP contribution >= 0.6 is 0 Å². The van der Waals surface area contributed by atoms with Gasteiger partial charge < -0.3 is 8.98 Å². The first-order chi connectivity index (χ1) is 27.7. The Bertz CT molecular complexity index is 3170. The van der Waals surface area contributed by atoms with Crippen molar-refractivity contribution in [3.8, 4) is 61.6 Å². The molecule has 0 bridgehead atoms. The van der Waals surface area contributed by atoms with E-state index in [1.54, 1.807) is 0 Å². The summed E-state index contributed by atoms with van der Waals surface area (Å²) in [5.74, 6) is 0. The molecule has 0 amide bonds. The summed E-state index contributed by atoms with van der Waals surface area (Å²) < 4.78 is 8.75. The number of furan rings is 1. The Balaban J connectivity index is 0.990. The molecule has 0 radical (unpaired) electrons. The summed E-state index contributed by atoms with van der Waals surface area (Å²) in [6.45, 7) is 0. The van der Waals surface area contributed by atoms with E-state index in [4.69, 9.17) is 9.40 Å². The normalized spacial score (nSPS) is 11.6. The summed E-state index contributed by atoms with van der Waals surface area (Å²) in [6.07, 6.45) is 0. The van der Waals surface area contributed by atoms with Crippen LogP contribution in [0.2, 0.25) is 0 Å². The van der Waals surface area contributed by atoms with Crippen LogP contribution in [0.25, 0.3) is 105 Å². The topological polar surface area (TPSA) is 31.0 Å². The number of fused-ring (bicyclic) bond motifs is 6. The summed E-state index contributed by atoms with van der Waals surface area (Å²) >= 11 is 0. The number of rotatable bonds is 6. The number of hydrogen-bond acceptors (Lipinski definition) is 2. The molecule has 3 aromatic heterocycles. The van der Waals surface area contributed by atoms with Gasteiger partial charge in [0, 0.05) is 43.9 Å². The Morgan fingerprint density at radius 2 is 0.929 bits per heavy atom. The molecule has 0 unspecified atom stereocenters. The van der Waals surface area contributed by atoms with Gasteiger partial charge in [0.15, 0.2) is 0 Å². The van der Waals surface area contributed by atoms with Crippen molar-refractivity contribution >= 4 is 43.7 Å². The first-order valence-electron chi connectivity index (χ1n) is 19.0. The van der Waals surface area contributed by atoms with Crippen molar-refractivity contribution in [3.63, 3.8) is 0 Å². The number of nitrogens with zero attached hydrogens (tertiary/aromatic N) is 2. The predicted molar refractivity (Wildman–Crippen MR) is 233 cm³/mol. The van der Waals surface area contributed by atoms with E-state index in [2.05, 4.69) is 193 Å². The molecule has 0 aliphatic carbocycles. The van der Waals surface area contributed by atoms with Crippen molar-refractivity contribution < 1.29 is 4.42 Å². The van der Waals surface area contributed by atoms with Crippen LogP contribution in [0.15, 0.2) is 211 Å². The van der Waals surface area contributed by atoms with Gasteiger partial charge in [0.25, 0.3) is 0 Å². The standard InChI is InChI=1S/C53H34N2O/c1-3-13-35(14-4-1)41-33-48(37-15-5-2-6-16-37)54-49(34-41)40-18-11-17-38(31-40)39-27-30-51-47(32-39)44-19-7-9-23-50(44)55(51)42-28-25-36(26-29-42)43-21-12-22-46-45-20-8-10-24-52(45)56-53(43)46/h1-34H. The molecule has 3 heterocycles. The molecule has 11 rings (SSSR count). The molecule has 3 nitrogen and oxygen atoms in total. The van der Waals surface area contributed by atoms with Crippen LogP contribution in [0.1, 0.15) is 0 Å². The third-order valence-electron chi connectivity index (χ3n) is 11.0. The van der Waals surface area contributed by atoms with Gasteiger partial charge in [-0.3, -0.25) is 0 Å². The van der Waals surface area contributed by atoms with Gasteiger partial charge in [0.2, 0.25) is 0 Å². The third-order valence-corrected chi connectivity index (χ3v) is 11.0. The molecule has 8 aromatic carbocycles. The predicted octanol–water partition coefficient (Wildman–Crippen LogP) is 14.4. The van der Waals surface area contributed by atoms with E-state index in [0.29, 0.717) is 0 Å². The highest BCUT2D eigenvalue weighted by atomic mass is 16.3. The van der Waals surface area contributed by atoms with Crippen molar-refractivity contribution in [3.05, 3.63) is 206 Å². The monoisotopic (exact) mass is 714 g/mol. The Morgan fingerprint density at radius 1 is 0.339 bits per heavy atom. The average Bonchev–Trinajstić information content (AvgIpc) is 3.83. The molecule has 0 aliphatic heterocycles. The lowest BCUT2D eigenvalue weighted by molar-refractivity contribution is 0.670. The number of aromatic nitrogens is 2. The molecule has 0 fully saturated rings. The van der Waals surface area contributed by atoms with Crippen molar-refractivity contribution in [2.75, 3.05) is 0 Å². The van der Waals surface area contributed by atoms with Crippen molar-refractivity contribution in [2.24, 2.45) is 0 Å². The summed E-state index contributed by atoms with van der Waals surface area (Å²) in [7, 11) is 0. The van der Waals surface area contributed by atoms with Crippen LogP contribution in [-0.2, 0) is 0 Å². The molecular weight excluding hydrogens is 681 g/mol. The quantitative estimate of drug-likeness (QED) is 0.172. The van der Waals surface area contributed by atoms with Gasteiger partial charge in [-0.15, -0.1) is 0 Å². The van der Waals surface area contributed by atoms with E-state index in [9.17, 15) is 0 Å². The summed E-state index contributed by atoms with van der Waals surface area (Å²) in [6, 6.07) is 73.2. The smallest absolute Gasteiger partial charge is 0.143 e. The Labute approximate surface area is 324 Å². The molecule has 3 heteroatoms. The van der Waals surface area contributed by atoms with Crippen LogP contribution < -0.4 is 0 Å². The highest BCUT2D eigenvalue weighted by Crippen LogP contribution is 2.39. The molecule has 262 valence electrons. The number of para-hydroxylation sites is 3. The molecular formula is C53H34N2O. The lowest BCUT2D eigenvalue weighted by Crippen LogP contribution is -1.94. The van der Waals surface area contributed by atoms with Gasteiger partial charge >= 0.3 is 0 Å². The minimum Gasteiger partial charge on any atom is -0.455 e. The highest BCUT2D eigenvalue weighted by Gasteiger charge is 2.16. The maximum atomic E-state index is 6.37. The highest BCUT2D eigenvalue weighted by molar-refractivity contribution is 6.11. The van der Waals surface area contributed by atoms with Crippen LogP contribution in [-0.4, -0.2) is 9.55 Å². The van der Waals surface area contributed by atoms with E-state index in [-0.39, 0.29) is 0 Å². The molecule has 0 N–H and O–H groups in total. The summed E-state index contributed by atoms with van der Waals surface area (Å²) in [5.41, 5.74) is 16.2. The molecule has 0 saturated heterocycles. The van der Waals surface area contributed by atoms with Crippen molar-refractivity contribution in [2.45, 2.75) is 0 Å². The second-order valence-corrected chi connectivity index (χ2v) is 14.4. The van der Waals surface area contributed by atoms with Crippen molar-refractivity contribution in [1.29, 1.82) is 0 Å². The molecule has 0 aliphatic rings. The first kappa shape index (κ1) is 32.0. The fourth-order valence-corrected chi connectivity index (χ4v) is 8.29. The largest absolute Gasteiger partial charge is 0.455 e. The Kier molecular flexibility index (Phi) is 7.49.